The zero-order valence-electron chi connectivity index (χ0n) is 11.6. The van der Waals surface area contributed by atoms with Gasteiger partial charge in [-0.25, -0.2) is 0 Å². The summed E-state index contributed by atoms with van der Waals surface area (Å²) < 4.78 is 16.5. The first-order valence-electron chi connectivity index (χ1n) is 6.67. The van der Waals surface area contributed by atoms with Crippen LogP contribution in [0.1, 0.15) is 31.4 Å². The highest BCUT2D eigenvalue weighted by Crippen LogP contribution is 2.30. The molecule has 0 radical (unpaired) electrons. The molecule has 2 atom stereocenters. The lowest BCUT2D eigenvalue weighted by Crippen LogP contribution is -2.32. The SMILES string of the molecule is COc1ccnc(COC2CCCC(N)C2)c1OC. The van der Waals surface area contributed by atoms with Crippen LogP contribution in [0, 0.1) is 0 Å². The predicted molar refractivity (Wildman–Crippen MR) is 72.4 cm³/mol. The highest BCUT2D eigenvalue weighted by atomic mass is 16.5. The Morgan fingerprint density at radius 1 is 1.32 bits per heavy atom. The highest BCUT2D eigenvalue weighted by molar-refractivity contribution is 5.42. The van der Waals surface area contributed by atoms with E-state index in [9.17, 15) is 0 Å². The molecule has 2 unspecified atom stereocenters. The Morgan fingerprint density at radius 2 is 2.16 bits per heavy atom. The van der Waals surface area contributed by atoms with Gasteiger partial charge in [-0.05, 0) is 25.7 Å². The number of hydrogen-bond acceptors (Lipinski definition) is 5. The average molecular weight is 266 g/mol. The van der Waals surface area contributed by atoms with Crippen molar-refractivity contribution in [3.8, 4) is 11.5 Å². The van der Waals surface area contributed by atoms with Crippen molar-refractivity contribution in [2.45, 2.75) is 44.4 Å². The zero-order chi connectivity index (χ0) is 13.7. The standard InChI is InChI=1S/C14H22N2O3/c1-17-13-6-7-16-12(14(13)18-2)9-19-11-5-3-4-10(15)8-11/h6-7,10-11H,3-5,8-9,15H2,1-2H3. The molecular weight excluding hydrogens is 244 g/mol. The van der Waals surface area contributed by atoms with Gasteiger partial charge >= 0.3 is 0 Å². The number of rotatable bonds is 5. The number of nitrogens with two attached hydrogens (primary N) is 1. The molecule has 1 fully saturated rings. The van der Waals surface area contributed by atoms with Crippen LogP contribution >= 0.6 is 0 Å². The van der Waals surface area contributed by atoms with Crippen molar-refractivity contribution < 1.29 is 14.2 Å². The Kier molecular flexibility index (Phi) is 4.99. The Balaban J connectivity index is 1.99. The molecule has 0 bridgehead atoms. The van der Waals surface area contributed by atoms with Crippen LogP contribution in [0.5, 0.6) is 11.5 Å². The minimum absolute atomic E-state index is 0.224. The minimum Gasteiger partial charge on any atom is -0.493 e. The van der Waals surface area contributed by atoms with Gasteiger partial charge in [-0.15, -0.1) is 0 Å². The molecule has 1 aliphatic carbocycles. The van der Waals surface area contributed by atoms with Crippen LogP contribution in [0.25, 0.3) is 0 Å². The molecule has 0 aromatic carbocycles. The molecule has 2 rings (SSSR count). The van der Waals surface area contributed by atoms with Gasteiger partial charge in [-0.3, -0.25) is 4.98 Å². The van der Waals surface area contributed by atoms with Gasteiger partial charge in [0.2, 0.25) is 0 Å². The Labute approximate surface area is 114 Å². The molecule has 1 aliphatic rings. The molecule has 5 heteroatoms. The molecule has 1 aromatic rings. The number of methoxy groups -OCH3 is 2. The second kappa shape index (κ2) is 6.73. The van der Waals surface area contributed by atoms with E-state index in [4.69, 9.17) is 19.9 Å². The van der Waals surface area contributed by atoms with Gasteiger partial charge in [-0.1, -0.05) is 0 Å². The first-order chi connectivity index (χ1) is 9.24. The zero-order valence-corrected chi connectivity index (χ0v) is 11.6. The van der Waals surface area contributed by atoms with Crippen LogP contribution in [0.4, 0.5) is 0 Å². The van der Waals surface area contributed by atoms with Crippen molar-refractivity contribution in [1.29, 1.82) is 0 Å². The molecule has 0 aliphatic heterocycles. The van der Waals surface area contributed by atoms with Gasteiger partial charge in [0, 0.05) is 18.3 Å². The van der Waals surface area contributed by atoms with Gasteiger partial charge in [-0.2, -0.15) is 0 Å². The summed E-state index contributed by atoms with van der Waals surface area (Å²) in [6, 6.07) is 2.04. The second-order valence-electron chi connectivity index (χ2n) is 4.85. The van der Waals surface area contributed by atoms with Crippen molar-refractivity contribution in [1.82, 2.24) is 4.98 Å². The molecule has 5 nitrogen and oxygen atoms in total. The third kappa shape index (κ3) is 3.58. The fourth-order valence-electron chi connectivity index (χ4n) is 2.48. The van der Waals surface area contributed by atoms with E-state index >= 15 is 0 Å². The lowest BCUT2D eigenvalue weighted by molar-refractivity contribution is 0.00972. The summed E-state index contributed by atoms with van der Waals surface area (Å²) in [5.41, 5.74) is 6.72. The van der Waals surface area contributed by atoms with E-state index in [0.717, 1.165) is 31.4 Å². The van der Waals surface area contributed by atoms with Crippen LogP contribution in [0.2, 0.25) is 0 Å². The first-order valence-corrected chi connectivity index (χ1v) is 6.67. The normalized spacial score (nSPS) is 23.1. The maximum absolute atomic E-state index is 5.96. The Morgan fingerprint density at radius 3 is 2.84 bits per heavy atom. The summed E-state index contributed by atoms with van der Waals surface area (Å²) in [4.78, 5) is 4.30. The van der Waals surface area contributed by atoms with Crippen molar-refractivity contribution >= 4 is 0 Å². The predicted octanol–water partition coefficient (Wildman–Crippen LogP) is 1.89. The minimum atomic E-state index is 0.224. The second-order valence-corrected chi connectivity index (χ2v) is 4.85. The summed E-state index contributed by atoms with van der Waals surface area (Å²) in [7, 11) is 3.22. The number of pyridine rings is 1. The summed E-state index contributed by atoms with van der Waals surface area (Å²) in [6.45, 7) is 0.428. The van der Waals surface area contributed by atoms with E-state index < -0.39 is 0 Å². The molecule has 106 valence electrons. The lowest BCUT2D eigenvalue weighted by Gasteiger charge is -2.26. The van der Waals surface area contributed by atoms with Gasteiger partial charge in [0.05, 0.1) is 26.9 Å². The van der Waals surface area contributed by atoms with Gasteiger partial charge < -0.3 is 19.9 Å². The highest BCUT2D eigenvalue weighted by Gasteiger charge is 2.21. The smallest absolute Gasteiger partial charge is 0.184 e. The monoisotopic (exact) mass is 266 g/mol. The summed E-state index contributed by atoms with van der Waals surface area (Å²) in [6.07, 6.45) is 6.15. The van der Waals surface area contributed by atoms with Crippen molar-refractivity contribution in [3.63, 3.8) is 0 Å². The van der Waals surface area contributed by atoms with Crippen LogP contribution < -0.4 is 15.2 Å². The number of hydrogen-bond donors (Lipinski definition) is 1. The molecule has 2 N–H and O–H groups in total. The average Bonchev–Trinajstić information content (AvgIpc) is 2.44. The maximum atomic E-state index is 5.96. The van der Waals surface area contributed by atoms with E-state index in [1.54, 1.807) is 26.5 Å². The Hall–Kier alpha value is -1.33. The van der Waals surface area contributed by atoms with E-state index in [0.29, 0.717) is 18.1 Å². The largest absolute Gasteiger partial charge is 0.493 e. The molecular formula is C14H22N2O3. The van der Waals surface area contributed by atoms with E-state index in [2.05, 4.69) is 4.98 Å². The number of ether oxygens (including phenoxy) is 3. The molecule has 1 saturated carbocycles. The molecule has 19 heavy (non-hydrogen) atoms. The number of aromatic nitrogens is 1. The molecule has 0 spiro atoms. The van der Waals surface area contributed by atoms with Crippen LogP contribution in [-0.2, 0) is 11.3 Å². The topological polar surface area (TPSA) is 66.6 Å². The van der Waals surface area contributed by atoms with Crippen LogP contribution in [0.3, 0.4) is 0 Å². The van der Waals surface area contributed by atoms with Crippen LogP contribution in [-0.4, -0.2) is 31.3 Å². The third-order valence-corrected chi connectivity index (χ3v) is 3.49. The molecule has 1 heterocycles. The number of nitrogens with zero attached hydrogens (tertiary/aromatic N) is 1. The Bertz CT molecular complexity index is 412. The molecule has 0 amide bonds. The summed E-state index contributed by atoms with van der Waals surface area (Å²) in [5.74, 6) is 1.32. The van der Waals surface area contributed by atoms with Crippen molar-refractivity contribution in [3.05, 3.63) is 18.0 Å². The van der Waals surface area contributed by atoms with Gasteiger partial charge in [0.15, 0.2) is 11.5 Å². The lowest BCUT2D eigenvalue weighted by atomic mass is 9.93. The maximum Gasteiger partial charge on any atom is 0.184 e. The van der Waals surface area contributed by atoms with Crippen LogP contribution in [0.15, 0.2) is 12.3 Å². The third-order valence-electron chi connectivity index (χ3n) is 3.49. The van der Waals surface area contributed by atoms with Gasteiger partial charge in [0.1, 0.15) is 5.69 Å². The van der Waals surface area contributed by atoms with E-state index in [1.807, 2.05) is 0 Å². The fraction of sp³-hybridized carbons (Fsp3) is 0.643. The van der Waals surface area contributed by atoms with E-state index in [1.165, 1.54) is 0 Å². The first kappa shape index (κ1) is 14.1. The van der Waals surface area contributed by atoms with Gasteiger partial charge in [0.25, 0.3) is 0 Å². The summed E-state index contributed by atoms with van der Waals surface area (Å²) >= 11 is 0. The summed E-state index contributed by atoms with van der Waals surface area (Å²) in [5, 5.41) is 0. The fourth-order valence-corrected chi connectivity index (χ4v) is 2.48. The quantitative estimate of drug-likeness (QED) is 0.881. The van der Waals surface area contributed by atoms with Crippen molar-refractivity contribution in [2.24, 2.45) is 5.73 Å². The van der Waals surface area contributed by atoms with Crippen molar-refractivity contribution in [2.75, 3.05) is 14.2 Å². The van der Waals surface area contributed by atoms with E-state index in [-0.39, 0.29) is 12.1 Å². The molecule has 0 saturated heterocycles. The molecule has 1 aromatic heterocycles.